The third-order valence-electron chi connectivity index (χ3n) is 5.90. The van der Waals surface area contributed by atoms with E-state index in [0.717, 1.165) is 25.3 Å². The highest BCUT2D eigenvalue weighted by atomic mass is 16.5. The molecule has 2 heterocycles. The van der Waals surface area contributed by atoms with E-state index in [1.807, 2.05) is 17.0 Å². The average Bonchev–Trinajstić information content (AvgIpc) is 3.29. The van der Waals surface area contributed by atoms with Crippen molar-refractivity contribution < 1.29 is 14.3 Å². The van der Waals surface area contributed by atoms with Crippen LogP contribution < -0.4 is 20.9 Å². The number of anilines is 1. The SMILES string of the molecule is COc1ccc(C2CC(N3CCN(C(=O)c4ccc(NC(C)=O)cc4)CC3)NN2)cc1. The van der Waals surface area contributed by atoms with Gasteiger partial charge in [0.05, 0.1) is 13.3 Å². The molecule has 0 radical (unpaired) electrons. The van der Waals surface area contributed by atoms with Crippen LogP contribution in [0.5, 0.6) is 5.75 Å². The number of methoxy groups -OCH3 is 1. The third-order valence-corrected chi connectivity index (χ3v) is 5.90. The number of piperazine rings is 1. The van der Waals surface area contributed by atoms with Gasteiger partial charge in [-0.1, -0.05) is 12.1 Å². The lowest BCUT2D eigenvalue weighted by atomic mass is 10.0. The van der Waals surface area contributed by atoms with E-state index in [4.69, 9.17) is 4.74 Å². The van der Waals surface area contributed by atoms with Crippen LogP contribution in [-0.2, 0) is 4.79 Å². The summed E-state index contributed by atoms with van der Waals surface area (Å²) >= 11 is 0. The number of ether oxygens (including phenoxy) is 1. The van der Waals surface area contributed by atoms with Gasteiger partial charge in [0.1, 0.15) is 5.75 Å². The van der Waals surface area contributed by atoms with Crippen molar-refractivity contribution in [2.24, 2.45) is 0 Å². The van der Waals surface area contributed by atoms with Crippen LogP contribution in [-0.4, -0.2) is 61.1 Å². The first-order valence-electron chi connectivity index (χ1n) is 10.6. The number of hydrogen-bond acceptors (Lipinski definition) is 6. The fourth-order valence-corrected chi connectivity index (χ4v) is 4.15. The number of amides is 2. The van der Waals surface area contributed by atoms with Crippen molar-refractivity contribution in [2.45, 2.75) is 25.6 Å². The zero-order valence-electron chi connectivity index (χ0n) is 17.9. The van der Waals surface area contributed by atoms with E-state index in [2.05, 4.69) is 33.2 Å². The van der Waals surface area contributed by atoms with E-state index in [9.17, 15) is 9.59 Å². The van der Waals surface area contributed by atoms with E-state index in [-0.39, 0.29) is 24.0 Å². The first-order chi connectivity index (χ1) is 15.0. The van der Waals surface area contributed by atoms with Crippen LogP contribution in [0, 0.1) is 0 Å². The first kappa shape index (κ1) is 21.3. The molecule has 0 bridgehead atoms. The summed E-state index contributed by atoms with van der Waals surface area (Å²) in [6.45, 7) is 4.50. The van der Waals surface area contributed by atoms with Gasteiger partial charge in [-0.25, -0.2) is 10.9 Å². The predicted octanol–water partition coefficient (Wildman–Crippen LogP) is 1.98. The third kappa shape index (κ3) is 5.04. The summed E-state index contributed by atoms with van der Waals surface area (Å²) in [4.78, 5) is 28.3. The number of benzene rings is 2. The maximum Gasteiger partial charge on any atom is 0.253 e. The Balaban J connectivity index is 1.28. The molecule has 0 spiro atoms. The van der Waals surface area contributed by atoms with E-state index in [1.54, 1.807) is 31.4 Å². The Bertz CT molecular complexity index is 908. The van der Waals surface area contributed by atoms with Crippen molar-refractivity contribution in [3.05, 3.63) is 59.7 Å². The molecule has 2 aromatic carbocycles. The molecule has 2 aromatic rings. The summed E-state index contributed by atoms with van der Waals surface area (Å²) in [5.74, 6) is 0.763. The zero-order valence-corrected chi connectivity index (χ0v) is 17.9. The highest BCUT2D eigenvalue weighted by Gasteiger charge is 2.32. The summed E-state index contributed by atoms with van der Waals surface area (Å²) < 4.78 is 5.24. The summed E-state index contributed by atoms with van der Waals surface area (Å²) in [7, 11) is 1.67. The van der Waals surface area contributed by atoms with E-state index in [1.165, 1.54) is 12.5 Å². The van der Waals surface area contributed by atoms with Crippen LogP contribution in [0.4, 0.5) is 5.69 Å². The Morgan fingerprint density at radius 3 is 2.26 bits per heavy atom. The van der Waals surface area contributed by atoms with Crippen LogP contribution in [0.15, 0.2) is 48.5 Å². The van der Waals surface area contributed by atoms with Crippen molar-refractivity contribution in [1.82, 2.24) is 20.7 Å². The molecule has 2 saturated heterocycles. The number of rotatable bonds is 5. The molecule has 2 unspecified atom stereocenters. The molecular weight excluding hydrogens is 394 g/mol. The molecule has 0 aliphatic carbocycles. The van der Waals surface area contributed by atoms with E-state index in [0.29, 0.717) is 24.3 Å². The van der Waals surface area contributed by atoms with Gasteiger partial charge in [-0.3, -0.25) is 14.5 Å². The molecule has 2 atom stereocenters. The van der Waals surface area contributed by atoms with Crippen molar-refractivity contribution in [1.29, 1.82) is 0 Å². The minimum atomic E-state index is -0.126. The Hall–Kier alpha value is -2.94. The van der Waals surface area contributed by atoms with Crippen molar-refractivity contribution >= 4 is 17.5 Å². The van der Waals surface area contributed by atoms with Crippen molar-refractivity contribution in [3.8, 4) is 5.75 Å². The lowest BCUT2D eigenvalue weighted by Gasteiger charge is -2.37. The minimum absolute atomic E-state index is 0.0302. The number of carbonyl (C=O) groups excluding carboxylic acids is 2. The van der Waals surface area contributed by atoms with Crippen LogP contribution in [0.1, 0.15) is 35.3 Å². The number of nitrogens with one attached hydrogen (secondary N) is 3. The number of nitrogens with zero attached hydrogens (tertiary/aromatic N) is 2. The molecule has 3 N–H and O–H groups in total. The van der Waals surface area contributed by atoms with Gasteiger partial charge in [0.2, 0.25) is 5.91 Å². The molecule has 0 aromatic heterocycles. The van der Waals surface area contributed by atoms with Gasteiger partial charge in [-0.05, 0) is 48.4 Å². The van der Waals surface area contributed by atoms with Gasteiger partial charge >= 0.3 is 0 Å². The number of carbonyl (C=O) groups is 2. The molecule has 8 heteroatoms. The monoisotopic (exact) mass is 423 g/mol. The molecule has 0 saturated carbocycles. The predicted molar refractivity (Wildman–Crippen MR) is 119 cm³/mol. The zero-order chi connectivity index (χ0) is 21.8. The summed E-state index contributed by atoms with van der Waals surface area (Å²) in [6, 6.07) is 15.5. The maximum absolute atomic E-state index is 12.8. The summed E-state index contributed by atoms with van der Waals surface area (Å²) in [5.41, 5.74) is 9.37. The highest BCUT2D eigenvalue weighted by molar-refractivity contribution is 5.95. The van der Waals surface area contributed by atoms with Gasteiger partial charge in [0.15, 0.2) is 0 Å². The average molecular weight is 424 g/mol. The standard InChI is InChI=1S/C23H29N5O3/c1-16(29)24-19-7-3-18(4-8-19)23(30)28-13-11-27(12-14-28)22-15-21(25-26-22)17-5-9-20(31-2)10-6-17/h3-10,21-22,25-26H,11-15H2,1-2H3,(H,24,29). The summed E-state index contributed by atoms with van der Waals surface area (Å²) in [5, 5.41) is 2.72. The Kier molecular flexibility index (Phi) is 6.50. The van der Waals surface area contributed by atoms with Gasteiger partial charge in [-0.15, -0.1) is 0 Å². The first-order valence-corrected chi connectivity index (χ1v) is 10.6. The van der Waals surface area contributed by atoms with Gasteiger partial charge in [0, 0.05) is 50.4 Å². The van der Waals surface area contributed by atoms with Crippen molar-refractivity contribution in [3.63, 3.8) is 0 Å². The van der Waals surface area contributed by atoms with Crippen LogP contribution in [0.2, 0.25) is 0 Å². The lowest BCUT2D eigenvalue weighted by molar-refractivity contribution is -0.114. The maximum atomic E-state index is 12.8. The number of hydrogen-bond donors (Lipinski definition) is 3. The topological polar surface area (TPSA) is 85.9 Å². The number of hydrazine groups is 1. The van der Waals surface area contributed by atoms with Gasteiger partial charge < -0.3 is 15.0 Å². The van der Waals surface area contributed by atoms with Gasteiger partial charge in [0.25, 0.3) is 5.91 Å². The van der Waals surface area contributed by atoms with Crippen LogP contribution >= 0.6 is 0 Å². The Morgan fingerprint density at radius 2 is 1.65 bits per heavy atom. The van der Waals surface area contributed by atoms with E-state index >= 15 is 0 Å². The second-order valence-corrected chi connectivity index (χ2v) is 7.95. The second kappa shape index (κ2) is 9.47. The molecule has 2 amide bonds. The molecule has 2 aliphatic rings. The largest absolute Gasteiger partial charge is 0.497 e. The molecule has 31 heavy (non-hydrogen) atoms. The minimum Gasteiger partial charge on any atom is -0.497 e. The molecular formula is C23H29N5O3. The highest BCUT2D eigenvalue weighted by Crippen LogP contribution is 2.26. The summed E-state index contributed by atoms with van der Waals surface area (Å²) in [6.07, 6.45) is 1.20. The normalized spacial score (nSPS) is 21.7. The fraction of sp³-hybridized carbons (Fsp3) is 0.391. The smallest absolute Gasteiger partial charge is 0.253 e. The van der Waals surface area contributed by atoms with Gasteiger partial charge in [-0.2, -0.15) is 0 Å². The second-order valence-electron chi connectivity index (χ2n) is 7.95. The molecule has 2 aliphatic heterocycles. The molecule has 8 nitrogen and oxygen atoms in total. The Labute approximate surface area is 182 Å². The Morgan fingerprint density at radius 1 is 0.968 bits per heavy atom. The van der Waals surface area contributed by atoms with Crippen LogP contribution in [0.3, 0.4) is 0 Å². The van der Waals surface area contributed by atoms with Crippen LogP contribution in [0.25, 0.3) is 0 Å². The molecule has 164 valence electrons. The van der Waals surface area contributed by atoms with E-state index < -0.39 is 0 Å². The molecule has 4 rings (SSSR count). The lowest BCUT2D eigenvalue weighted by Crippen LogP contribution is -2.55. The quantitative estimate of drug-likeness (QED) is 0.682. The fourth-order valence-electron chi connectivity index (χ4n) is 4.15. The van der Waals surface area contributed by atoms with Crippen molar-refractivity contribution in [2.75, 3.05) is 38.6 Å². The molecule has 2 fully saturated rings.